The average Bonchev–Trinajstić information content (AvgIpc) is 2.45. The summed E-state index contributed by atoms with van der Waals surface area (Å²) in [5.41, 5.74) is 4.83. The number of carbonyl (C=O) groups is 1. The van der Waals surface area contributed by atoms with Crippen molar-refractivity contribution in [3.63, 3.8) is 0 Å². The molecule has 0 aliphatic carbocycles. The molecule has 7 heteroatoms. The first kappa shape index (κ1) is 16.2. The molecular formula is C15H11ClF3NO2. The first-order chi connectivity index (χ1) is 10.3. The number of primary amides is 1. The van der Waals surface area contributed by atoms with Crippen LogP contribution in [0, 0.1) is 0 Å². The zero-order chi connectivity index (χ0) is 16.3. The van der Waals surface area contributed by atoms with Gasteiger partial charge < -0.3 is 10.5 Å². The molecule has 0 saturated carbocycles. The Morgan fingerprint density at radius 3 is 2.55 bits per heavy atom. The number of amides is 1. The van der Waals surface area contributed by atoms with Crippen LogP contribution < -0.4 is 10.5 Å². The minimum absolute atomic E-state index is 0.0690. The maximum absolute atomic E-state index is 12.6. The van der Waals surface area contributed by atoms with Crippen molar-refractivity contribution in [3.05, 3.63) is 64.2 Å². The van der Waals surface area contributed by atoms with Gasteiger partial charge in [-0.05, 0) is 35.9 Å². The molecule has 0 spiro atoms. The Bertz CT molecular complexity index is 701. The normalized spacial score (nSPS) is 11.3. The highest BCUT2D eigenvalue weighted by Gasteiger charge is 2.30. The van der Waals surface area contributed by atoms with Crippen molar-refractivity contribution in [2.45, 2.75) is 12.8 Å². The maximum atomic E-state index is 12.6. The monoisotopic (exact) mass is 329 g/mol. The van der Waals surface area contributed by atoms with Gasteiger partial charge in [-0.2, -0.15) is 13.2 Å². The van der Waals surface area contributed by atoms with Crippen LogP contribution in [0.25, 0.3) is 0 Å². The Morgan fingerprint density at radius 2 is 1.91 bits per heavy atom. The molecule has 1 amide bonds. The van der Waals surface area contributed by atoms with Crippen LogP contribution >= 0.6 is 11.6 Å². The summed E-state index contributed by atoms with van der Waals surface area (Å²) in [6.45, 7) is -0.133. The molecule has 2 aromatic rings. The van der Waals surface area contributed by atoms with E-state index in [4.69, 9.17) is 22.1 Å². The summed E-state index contributed by atoms with van der Waals surface area (Å²) in [5.74, 6) is -0.573. The molecule has 22 heavy (non-hydrogen) atoms. The number of halogens is 4. The number of rotatable bonds is 4. The van der Waals surface area contributed by atoms with Crippen LogP contribution in [-0.2, 0) is 12.8 Å². The van der Waals surface area contributed by atoms with Crippen LogP contribution in [0.1, 0.15) is 21.5 Å². The summed E-state index contributed by atoms with van der Waals surface area (Å²) in [4.78, 5) is 11.3. The number of hydrogen-bond donors (Lipinski definition) is 1. The van der Waals surface area contributed by atoms with Gasteiger partial charge in [0.15, 0.2) is 0 Å². The van der Waals surface area contributed by atoms with Crippen LogP contribution in [0.15, 0.2) is 42.5 Å². The smallest absolute Gasteiger partial charge is 0.416 e. The number of carbonyl (C=O) groups excluding carboxylic acids is 1. The van der Waals surface area contributed by atoms with E-state index in [1.165, 1.54) is 30.3 Å². The lowest BCUT2D eigenvalue weighted by Gasteiger charge is -2.12. The van der Waals surface area contributed by atoms with Crippen LogP contribution in [0.4, 0.5) is 13.2 Å². The standard InChI is InChI=1S/C15H11ClF3NO2/c16-11-4-5-13(12(7-11)14(20)21)22-8-9-2-1-3-10(6-9)15(17,18)19/h1-7H,8H2,(H2,20,21). The number of ether oxygens (including phenoxy) is 1. The molecule has 0 saturated heterocycles. The minimum atomic E-state index is -4.42. The second-order valence-corrected chi connectivity index (χ2v) is 4.93. The fourth-order valence-electron chi connectivity index (χ4n) is 1.82. The summed E-state index contributed by atoms with van der Waals surface area (Å²) in [5, 5.41) is 0.306. The fourth-order valence-corrected chi connectivity index (χ4v) is 1.99. The van der Waals surface area contributed by atoms with Gasteiger partial charge in [-0.1, -0.05) is 23.7 Å². The Kier molecular flexibility index (Phi) is 4.61. The summed E-state index contributed by atoms with van der Waals surface area (Å²) < 4.78 is 43.3. The van der Waals surface area contributed by atoms with E-state index in [0.717, 1.165) is 12.1 Å². The topological polar surface area (TPSA) is 52.3 Å². The van der Waals surface area contributed by atoms with Gasteiger partial charge in [0.1, 0.15) is 12.4 Å². The molecule has 0 atom stereocenters. The molecule has 0 radical (unpaired) electrons. The lowest BCUT2D eigenvalue weighted by atomic mass is 10.1. The Balaban J connectivity index is 2.19. The van der Waals surface area contributed by atoms with Crippen LogP contribution in [0.2, 0.25) is 5.02 Å². The quantitative estimate of drug-likeness (QED) is 0.920. The molecular weight excluding hydrogens is 319 g/mol. The van der Waals surface area contributed by atoms with Crippen molar-refractivity contribution < 1.29 is 22.7 Å². The third-order valence-electron chi connectivity index (χ3n) is 2.86. The summed E-state index contributed by atoms with van der Waals surface area (Å²) in [6.07, 6.45) is -4.42. The van der Waals surface area contributed by atoms with Crippen molar-refractivity contribution in [1.82, 2.24) is 0 Å². The lowest BCUT2D eigenvalue weighted by Crippen LogP contribution is -2.13. The minimum Gasteiger partial charge on any atom is -0.488 e. The predicted octanol–water partition coefficient (Wildman–Crippen LogP) is 4.04. The number of alkyl halides is 3. The number of nitrogens with two attached hydrogens (primary N) is 1. The van der Waals surface area contributed by atoms with Gasteiger partial charge in [-0.3, -0.25) is 4.79 Å². The van der Waals surface area contributed by atoms with E-state index in [2.05, 4.69) is 0 Å². The van der Waals surface area contributed by atoms with E-state index in [1.807, 2.05) is 0 Å². The molecule has 116 valence electrons. The largest absolute Gasteiger partial charge is 0.488 e. The van der Waals surface area contributed by atoms with E-state index in [1.54, 1.807) is 0 Å². The molecule has 2 aromatic carbocycles. The Hall–Kier alpha value is -2.21. The first-order valence-electron chi connectivity index (χ1n) is 6.15. The van der Waals surface area contributed by atoms with Crippen LogP contribution in [-0.4, -0.2) is 5.91 Å². The number of hydrogen-bond acceptors (Lipinski definition) is 2. The molecule has 0 fully saturated rings. The Morgan fingerprint density at radius 1 is 1.18 bits per heavy atom. The van der Waals surface area contributed by atoms with Crippen molar-refractivity contribution >= 4 is 17.5 Å². The van der Waals surface area contributed by atoms with E-state index in [0.29, 0.717) is 10.6 Å². The molecule has 3 nitrogen and oxygen atoms in total. The number of benzene rings is 2. The summed E-state index contributed by atoms with van der Waals surface area (Å²) in [6, 6.07) is 9.02. The van der Waals surface area contributed by atoms with Gasteiger partial charge in [0, 0.05) is 5.02 Å². The third kappa shape index (κ3) is 3.92. The zero-order valence-electron chi connectivity index (χ0n) is 11.2. The fraction of sp³-hybridized carbons (Fsp3) is 0.133. The molecule has 2 rings (SSSR count). The summed E-state index contributed by atoms with van der Waals surface area (Å²) in [7, 11) is 0. The summed E-state index contributed by atoms with van der Waals surface area (Å²) >= 11 is 5.76. The lowest BCUT2D eigenvalue weighted by molar-refractivity contribution is -0.137. The van der Waals surface area contributed by atoms with Crippen molar-refractivity contribution in [3.8, 4) is 5.75 Å². The van der Waals surface area contributed by atoms with Gasteiger partial charge in [-0.15, -0.1) is 0 Å². The second kappa shape index (κ2) is 6.27. The third-order valence-corrected chi connectivity index (χ3v) is 3.09. The Labute approximate surface area is 129 Å². The highest BCUT2D eigenvalue weighted by Crippen LogP contribution is 2.30. The van der Waals surface area contributed by atoms with Crippen molar-refractivity contribution in [2.75, 3.05) is 0 Å². The molecule has 0 bridgehead atoms. The van der Waals surface area contributed by atoms with Crippen molar-refractivity contribution in [1.29, 1.82) is 0 Å². The van der Waals surface area contributed by atoms with Crippen LogP contribution in [0.5, 0.6) is 5.75 Å². The van der Waals surface area contributed by atoms with E-state index >= 15 is 0 Å². The first-order valence-corrected chi connectivity index (χ1v) is 6.53. The molecule has 2 N–H and O–H groups in total. The van der Waals surface area contributed by atoms with Gasteiger partial charge in [0.05, 0.1) is 11.1 Å². The van der Waals surface area contributed by atoms with Gasteiger partial charge in [0.25, 0.3) is 5.91 Å². The highest BCUT2D eigenvalue weighted by molar-refractivity contribution is 6.31. The van der Waals surface area contributed by atoms with Crippen LogP contribution in [0.3, 0.4) is 0 Å². The molecule has 0 aromatic heterocycles. The predicted molar refractivity (Wildman–Crippen MR) is 75.7 cm³/mol. The van der Waals surface area contributed by atoms with Gasteiger partial charge in [0.2, 0.25) is 0 Å². The van der Waals surface area contributed by atoms with Gasteiger partial charge >= 0.3 is 6.18 Å². The highest BCUT2D eigenvalue weighted by atomic mass is 35.5. The molecule has 0 aliphatic heterocycles. The van der Waals surface area contributed by atoms with Gasteiger partial charge in [-0.25, -0.2) is 0 Å². The van der Waals surface area contributed by atoms with E-state index in [9.17, 15) is 18.0 Å². The van der Waals surface area contributed by atoms with Crippen molar-refractivity contribution in [2.24, 2.45) is 5.73 Å². The molecule has 0 unspecified atom stereocenters. The maximum Gasteiger partial charge on any atom is 0.416 e. The average molecular weight is 330 g/mol. The molecule has 0 aliphatic rings. The molecule has 0 heterocycles. The van der Waals surface area contributed by atoms with E-state index in [-0.39, 0.29) is 17.9 Å². The zero-order valence-corrected chi connectivity index (χ0v) is 11.9. The van der Waals surface area contributed by atoms with E-state index < -0.39 is 17.6 Å². The second-order valence-electron chi connectivity index (χ2n) is 4.49. The SMILES string of the molecule is NC(=O)c1cc(Cl)ccc1OCc1cccc(C(F)(F)F)c1.